The summed E-state index contributed by atoms with van der Waals surface area (Å²) in [5.41, 5.74) is 6.78. The van der Waals surface area contributed by atoms with Gasteiger partial charge in [0.05, 0.1) is 23.3 Å². The summed E-state index contributed by atoms with van der Waals surface area (Å²) in [7, 11) is 0. The third-order valence-electron chi connectivity index (χ3n) is 4.65. The Morgan fingerprint density at radius 1 is 1.15 bits per heavy atom. The van der Waals surface area contributed by atoms with Gasteiger partial charge in [-0.15, -0.1) is 11.3 Å². The monoisotopic (exact) mass is 366 g/mol. The zero-order chi connectivity index (χ0) is 18.1. The molecule has 1 aliphatic rings. The van der Waals surface area contributed by atoms with Crippen molar-refractivity contribution < 1.29 is 9.59 Å². The first-order valence-electron chi connectivity index (χ1n) is 8.55. The van der Waals surface area contributed by atoms with Gasteiger partial charge in [0, 0.05) is 18.1 Å². The van der Waals surface area contributed by atoms with Crippen LogP contribution in [0.5, 0.6) is 0 Å². The molecule has 4 rings (SSSR count). The van der Waals surface area contributed by atoms with Crippen LogP contribution < -0.4 is 5.73 Å². The quantitative estimate of drug-likeness (QED) is 0.771. The molecule has 3 aromatic rings. The number of benzene rings is 1. The van der Waals surface area contributed by atoms with Crippen molar-refractivity contribution in [1.82, 2.24) is 14.9 Å². The number of nitrogens with two attached hydrogens (primary N) is 1. The van der Waals surface area contributed by atoms with E-state index in [0.29, 0.717) is 17.0 Å². The molecule has 3 heterocycles. The summed E-state index contributed by atoms with van der Waals surface area (Å²) in [6, 6.07) is 9.49. The number of hydrogen-bond acceptors (Lipinski definition) is 5. The lowest BCUT2D eigenvalue weighted by Gasteiger charge is -2.34. The van der Waals surface area contributed by atoms with Crippen molar-refractivity contribution in [2.45, 2.75) is 25.3 Å². The number of carbonyl (C=O) groups excluding carboxylic acids is 2. The molecule has 6 nitrogen and oxygen atoms in total. The van der Waals surface area contributed by atoms with E-state index in [1.54, 1.807) is 6.20 Å². The molecule has 2 aromatic heterocycles. The third kappa shape index (κ3) is 3.06. The summed E-state index contributed by atoms with van der Waals surface area (Å²) in [5, 5.41) is 1.71. The van der Waals surface area contributed by atoms with E-state index in [0.717, 1.165) is 35.2 Å². The minimum Gasteiger partial charge on any atom is -0.365 e. The predicted molar refractivity (Wildman–Crippen MR) is 100 cm³/mol. The maximum absolute atomic E-state index is 13.1. The lowest BCUT2D eigenvalue weighted by molar-refractivity contribution is 0.0611. The van der Waals surface area contributed by atoms with E-state index in [-0.39, 0.29) is 11.9 Å². The van der Waals surface area contributed by atoms with E-state index < -0.39 is 5.91 Å². The van der Waals surface area contributed by atoms with Crippen LogP contribution in [0, 0.1) is 0 Å². The van der Waals surface area contributed by atoms with E-state index in [1.807, 2.05) is 35.2 Å². The molecule has 132 valence electrons. The topological polar surface area (TPSA) is 89.2 Å². The largest absolute Gasteiger partial charge is 0.365 e. The van der Waals surface area contributed by atoms with E-state index in [9.17, 15) is 9.59 Å². The van der Waals surface area contributed by atoms with E-state index in [2.05, 4.69) is 9.97 Å². The zero-order valence-electron chi connectivity index (χ0n) is 14.1. The molecule has 7 heteroatoms. The maximum Gasteiger partial charge on any atom is 0.260 e. The van der Waals surface area contributed by atoms with Gasteiger partial charge in [-0.25, -0.2) is 4.98 Å². The number of para-hydroxylation sites is 1. The van der Waals surface area contributed by atoms with Crippen molar-refractivity contribution in [3.8, 4) is 0 Å². The predicted octanol–water partition coefficient (Wildman–Crippen LogP) is 3.16. The highest BCUT2D eigenvalue weighted by Crippen LogP contribution is 2.34. The van der Waals surface area contributed by atoms with Crippen molar-refractivity contribution in [1.29, 1.82) is 0 Å². The third-order valence-corrected chi connectivity index (χ3v) is 5.77. The number of primary amides is 1. The normalized spacial score (nSPS) is 17.4. The molecule has 26 heavy (non-hydrogen) atoms. The molecule has 1 saturated heterocycles. The van der Waals surface area contributed by atoms with Gasteiger partial charge in [0.1, 0.15) is 9.88 Å². The Hall–Kier alpha value is -2.80. The Kier molecular flexibility index (Phi) is 4.38. The van der Waals surface area contributed by atoms with Crippen LogP contribution in [-0.4, -0.2) is 33.2 Å². The average Bonchev–Trinajstić information content (AvgIpc) is 3.17. The number of nitrogens with zero attached hydrogens (tertiary/aromatic N) is 3. The van der Waals surface area contributed by atoms with Crippen LogP contribution in [0.15, 0.2) is 42.7 Å². The number of piperidine rings is 1. The van der Waals surface area contributed by atoms with Crippen LogP contribution in [0.1, 0.15) is 50.3 Å². The molecule has 0 spiro atoms. The smallest absolute Gasteiger partial charge is 0.260 e. The van der Waals surface area contributed by atoms with Crippen molar-refractivity contribution in [2.75, 3.05) is 6.54 Å². The molecule has 1 atom stereocenters. The lowest BCUT2D eigenvalue weighted by atomic mass is 10.0. The Labute approximate surface area is 154 Å². The number of rotatable bonds is 3. The first-order valence-corrected chi connectivity index (χ1v) is 9.36. The van der Waals surface area contributed by atoms with Gasteiger partial charge in [-0.1, -0.05) is 18.2 Å². The van der Waals surface area contributed by atoms with Gasteiger partial charge >= 0.3 is 0 Å². The second kappa shape index (κ2) is 6.84. The van der Waals surface area contributed by atoms with Crippen molar-refractivity contribution in [3.05, 3.63) is 58.2 Å². The van der Waals surface area contributed by atoms with Gasteiger partial charge in [-0.3, -0.25) is 14.6 Å². The van der Waals surface area contributed by atoms with Gasteiger partial charge in [0.15, 0.2) is 0 Å². The fourth-order valence-electron chi connectivity index (χ4n) is 3.34. The highest BCUT2D eigenvalue weighted by atomic mass is 32.1. The summed E-state index contributed by atoms with van der Waals surface area (Å²) in [5.74, 6) is -0.537. The van der Waals surface area contributed by atoms with Crippen LogP contribution in [0.2, 0.25) is 0 Å². The molecule has 0 aliphatic carbocycles. The Bertz CT molecular complexity index is 984. The lowest BCUT2D eigenvalue weighted by Crippen LogP contribution is -2.38. The summed E-state index contributed by atoms with van der Waals surface area (Å²) in [6.07, 6.45) is 5.94. The molecule has 0 saturated carbocycles. The SMILES string of the molecule is NC(=O)c1cnc([C@@H]2CCCCN2C(=O)c2cnc3ccccc3c2)s1. The molecule has 0 bridgehead atoms. The molecule has 2 amide bonds. The highest BCUT2D eigenvalue weighted by Gasteiger charge is 2.31. The second-order valence-electron chi connectivity index (χ2n) is 6.35. The molecule has 1 aromatic carbocycles. The summed E-state index contributed by atoms with van der Waals surface area (Å²) in [6.45, 7) is 0.668. The molecular weight excluding hydrogens is 348 g/mol. The summed E-state index contributed by atoms with van der Waals surface area (Å²) in [4.78, 5) is 35.5. The second-order valence-corrected chi connectivity index (χ2v) is 7.42. The fourth-order valence-corrected chi connectivity index (χ4v) is 4.26. The van der Waals surface area contributed by atoms with Gasteiger partial charge in [0.25, 0.3) is 11.8 Å². The number of likely N-dealkylation sites (tertiary alicyclic amines) is 1. The van der Waals surface area contributed by atoms with Crippen molar-refractivity contribution in [2.24, 2.45) is 5.73 Å². The Morgan fingerprint density at radius 3 is 2.81 bits per heavy atom. The van der Waals surface area contributed by atoms with Crippen LogP contribution in [0.3, 0.4) is 0 Å². The summed E-state index contributed by atoms with van der Waals surface area (Å²) < 4.78 is 0. The van der Waals surface area contributed by atoms with E-state index >= 15 is 0 Å². The molecule has 1 fully saturated rings. The van der Waals surface area contributed by atoms with Gasteiger partial charge in [0.2, 0.25) is 0 Å². The number of carbonyl (C=O) groups is 2. The first-order chi connectivity index (χ1) is 12.6. The van der Waals surface area contributed by atoms with E-state index in [4.69, 9.17) is 5.73 Å². The number of pyridine rings is 1. The van der Waals surface area contributed by atoms with Crippen molar-refractivity contribution in [3.63, 3.8) is 0 Å². The molecule has 0 unspecified atom stereocenters. The standard InChI is InChI=1S/C19H18N4O2S/c20-17(24)16-11-22-18(26-16)15-7-3-4-8-23(15)19(25)13-9-12-5-1-2-6-14(12)21-10-13/h1-2,5-6,9-11,15H,3-4,7-8H2,(H2,20,24)/t15-/m0/s1. The maximum atomic E-state index is 13.1. The van der Waals surface area contributed by atoms with Crippen molar-refractivity contribution >= 4 is 34.1 Å². The van der Waals surface area contributed by atoms with Crippen LogP contribution >= 0.6 is 11.3 Å². The van der Waals surface area contributed by atoms with Crippen LogP contribution in [0.4, 0.5) is 0 Å². The number of aromatic nitrogens is 2. The molecule has 1 aliphatic heterocycles. The zero-order valence-corrected chi connectivity index (χ0v) is 14.9. The minimum atomic E-state index is -0.485. The fraction of sp³-hybridized carbons (Fsp3) is 0.263. The summed E-state index contributed by atoms with van der Waals surface area (Å²) >= 11 is 1.27. The first kappa shape index (κ1) is 16.7. The Balaban J connectivity index is 1.65. The van der Waals surface area contributed by atoms with Gasteiger partial charge < -0.3 is 10.6 Å². The number of hydrogen-bond donors (Lipinski definition) is 1. The van der Waals surface area contributed by atoms with Crippen LogP contribution in [0.25, 0.3) is 10.9 Å². The number of amides is 2. The molecule has 0 radical (unpaired) electrons. The highest BCUT2D eigenvalue weighted by molar-refractivity contribution is 7.13. The van der Waals surface area contributed by atoms with E-state index in [1.165, 1.54) is 17.5 Å². The molecule has 2 N–H and O–H groups in total. The van der Waals surface area contributed by atoms with Gasteiger partial charge in [-0.05, 0) is 31.4 Å². The minimum absolute atomic E-state index is 0.0521. The number of fused-ring (bicyclic) bond motifs is 1. The van der Waals surface area contributed by atoms with Crippen LogP contribution in [-0.2, 0) is 0 Å². The Morgan fingerprint density at radius 2 is 2.00 bits per heavy atom. The molecular formula is C19H18N4O2S. The number of thiazole rings is 1. The average molecular weight is 366 g/mol. The van der Waals surface area contributed by atoms with Gasteiger partial charge in [-0.2, -0.15) is 0 Å².